The van der Waals surface area contributed by atoms with E-state index in [9.17, 15) is 9.59 Å². The molecule has 7 nitrogen and oxygen atoms in total. The minimum Gasteiger partial charge on any atom is -0.487 e. The summed E-state index contributed by atoms with van der Waals surface area (Å²) in [4.78, 5) is 27.4. The topological polar surface area (TPSA) is 81.6 Å². The number of aromatic nitrogens is 2. The van der Waals surface area contributed by atoms with Crippen LogP contribution in [0.25, 0.3) is 10.8 Å². The Morgan fingerprint density at radius 3 is 2.19 bits per heavy atom. The van der Waals surface area contributed by atoms with E-state index in [0.29, 0.717) is 33.0 Å². The molecule has 1 aliphatic rings. The van der Waals surface area contributed by atoms with Gasteiger partial charge in [0.2, 0.25) is 5.13 Å². The summed E-state index contributed by atoms with van der Waals surface area (Å²) in [5, 5.41) is 10.5. The number of nitrogens with zero attached hydrogens (tertiary/aromatic N) is 3. The maximum absolute atomic E-state index is 13.1. The van der Waals surface area contributed by atoms with Gasteiger partial charge in [-0.15, -0.1) is 10.2 Å². The molecule has 160 valence electrons. The number of amides is 2. The average Bonchev–Trinajstić information content (AvgIpc) is 3.25. The van der Waals surface area contributed by atoms with Gasteiger partial charge < -0.3 is 9.47 Å². The number of ether oxygens (including phenoxy) is 2. The molecule has 32 heavy (non-hydrogen) atoms. The summed E-state index contributed by atoms with van der Waals surface area (Å²) < 4.78 is 11.6. The Morgan fingerprint density at radius 1 is 0.875 bits per heavy atom. The molecule has 0 saturated heterocycles. The Morgan fingerprint density at radius 2 is 1.53 bits per heavy atom. The second-order valence-corrected chi connectivity index (χ2v) is 8.58. The van der Waals surface area contributed by atoms with E-state index < -0.39 is 11.8 Å². The molecule has 3 aromatic carbocycles. The molecule has 0 saturated carbocycles. The minimum atomic E-state index is -0.404. The molecule has 0 radical (unpaired) electrons. The quantitative estimate of drug-likeness (QED) is 0.394. The van der Waals surface area contributed by atoms with Gasteiger partial charge in [-0.3, -0.25) is 9.59 Å². The number of hydrogen-bond acceptors (Lipinski definition) is 7. The minimum absolute atomic E-state index is 0.0105. The zero-order valence-corrected chi connectivity index (χ0v) is 18.3. The first kappa shape index (κ1) is 20.1. The van der Waals surface area contributed by atoms with Crippen molar-refractivity contribution in [3.63, 3.8) is 0 Å². The van der Waals surface area contributed by atoms with Crippen molar-refractivity contribution in [2.75, 3.05) is 4.90 Å². The van der Waals surface area contributed by atoms with Gasteiger partial charge in [0.1, 0.15) is 6.61 Å². The van der Waals surface area contributed by atoms with Gasteiger partial charge in [-0.25, -0.2) is 4.90 Å². The monoisotopic (exact) mass is 445 g/mol. The standard InChI is InChI=1S/C24H19N3O4S/c1-14(2)31-19-12-4-3-11-18(19)30-13-20-25-26-24(32-20)27-22(28)16-9-5-7-15-8-6-10-17(21(15)16)23(27)29/h3-12,14H,13H2,1-2H3. The molecule has 0 N–H and O–H groups in total. The molecule has 2 amide bonds. The molecule has 5 rings (SSSR count). The molecule has 0 aliphatic carbocycles. The van der Waals surface area contributed by atoms with Crippen LogP contribution in [0.3, 0.4) is 0 Å². The largest absolute Gasteiger partial charge is 0.487 e. The van der Waals surface area contributed by atoms with Gasteiger partial charge in [-0.05, 0) is 43.5 Å². The highest BCUT2D eigenvalue weighted by atomic mass is 32.1. The van der Waals surface area contributed by atoms with E-state index in [1.54, 1.807) is 12.1 Å². The third-order valence-electron chi connectivity index (χ3n) is 4.98. The van der Waals surface area contributed by atoms with Crippen molar-refractivity contribution in [1.29, 1.82) is 0 Å². The molecule has 0 fully saturated rings. The third-order valence-corrected chi connectivity index (χ3v) is 5.86. The summed E-state index contributed by atoms with van der Waals surface area (Å²) in [5.41, 5.74) is 0.955. The zero-order chi connectivity index (χ0) is 22.2. The third kappa shape index (κ3) is 3.48. The first-order valence-electron chi connectivity index (χ1n) is 10.1. The number of para-hydroxylation sites is 2. The van der Waals surface area contributed by atoms with E-state index in [-0.39, 0.29) is 17.8 Å². The highest BCUT2D eigenvalue weighted by molar-refractivity contribution is 7.15. The lowest BCUT2D eigenvalue weighted by Crippen LogP contribution is -2.40. The Kier molecular flexibility index (Phi) is 5.07. The van der Waals surface area contributed by atoms with Crippen molar-refractivity contribution in [3.8, 4) is 11.5 Å². The van der Waals surface area contributed by atoms with Crippen molar-refractivity contribution < 1.29 is 19.1 Å². The van der Waals surface area contributed by atoms with Gasteiger partial charge in [0.25, 0.3) is 11.8 Å². The van der Waals surface area contributed by atoms with Crippen LogP contribution in [0, 0.1) is 0 Å². The van der Waals surface area contributed by atoms with Crippen LogP contribution in [0.5, 0.6) is 11.5 Å². The van der Waals surface area contributed by atoms with Crippen LogP contribution in [0.1, 0.15) is 39.6 Å². The number of anilines is 1. The first-order chi connectivity index (χ1) is 15.5. The lowest BCUT2D eigenvalue weighted by molar-refractivity contribution is 0.0893. The average molecular weight is 446 g/mol. The van der Waals surface area contributed by atoms with Crippen LogP contribution in [0.2, 0.25) is 0 Å². The number of carbonyl (C=O) groups excluding carboxylic acids is 2. The molecular weight excluding hydrogens is 426 g/mol. The molecule has 0 spiro atoms. The predicted octanol–water partition coefficient (Wildman–Crippen LogP) is 4.86. The van der Waals surface area contributed by atoms with Crippen LogP contribution < -0.4 is 14.4 Å². The summed E-state index contributed by atoms with van der Waals surface area (Å²) in [6, 6.07) is 18.2. The number of rotatable bonds is 6. The molecule has 8 heteroatoms. The van der Waals surface area contributed by atoms with Gasteiger partial charge in [0, 0.05) is 16.5 Å². The molecular formula is C24H19N3O4S. The van der Waals surface area contributed by atoms with Gasteiger partial charge in [0.15, 0.2) is 16.5 Å². The van der Waals surface area contributed by atoms with E-state index in [4.69, 9.17) is 9.47 Å². The van der Waals surface area contributed by atoms with Crippen molar-refractivity contribution in [2.45, 2.75) is 26.6 Å². The lowest BCUT2D eigenvalue weighted by atomic mass is 9.94. The van der Waals surface area contributed by atoms with Crippen LogP contribution in [0.15, 0.2) is 60.7 Å². The molecule has 0 unspecified atom stereocenters. The fourth-order valence-electron chi connectivity index (χ4n) is 3.66. The van der Waals surface area contributed by atoms with Crippen LogP contribution in [0.4, 0.5) is 5.13 Å². The summed E-state index contributed by atoms with van der Waals surface area (Å²) in [7, 11) is 0. The summed E-state index contributed by atoms with van der Waals surface area (Å²) >= 11 is 1.15. The molecule has 4 aromatic rings. The Labute approximate surface area is 188 Å². The molecule has 1 aromatic heterocycles. The normalized spacial score (nSPS) is 13.2. The summed E-state index contributed by atoms with van der Waals surface area (Å²) in [6.45, 7) is 4.02. The van der Waals surface area contributed by atoms with E-state index in [2.05, 4.69) is 10.2 Å². The van der Waals surface area contributed by atoms with E-state index in [1.807, 2.05) is 62.4 Å². The van der Waals surface area contributed by atoms with Gasteiger partial charge in [0.05, 0.1) is 6.10 Å². The Balaban J connectivity index is 1.40. The smallest absolute Gasteiger partial charge is 0.267 e. The lowest BCUT2D eigenvalue weighted by Gasteiger charge is -2.24. The van der Waals surface area contributed by atoms with Crippen LogP contribution in [-0.2, 0) is 6.61 Å². The fraction of sp³-hybridized carbons (Fsp3) is 0.167. The number of imide groups is 1. The number of hydrogen-bond donors (Lipinski definition) is 0. The highest BCUT2D eigenvalue weighted by Crippen LogP contribution is 2.34. The Hall–Kier alpha value is -3.78. The second-order valence-electron chi connectivity index (χ2n) is 7.54. The SMILES string of the molecule is CC(C)Oc1ccccc1OCc1nnc(N2C(=O)c3cccc4cccc(c34)C2=O)s1. The van der Waals surface area contributed by atoms with E-state index in [0.717, 1.165) is 21.6 Å². The molecule has 0 bridgehead atoms. The van der Waals surface area contributed by atoms with Crippen molar-refractivity contribution in [3.05, 3.63) is 76.8 Å². The predicted molar refractivity (Wildman–Crippen MR) is 122 cm³/mol. The fourth-order valence-corrected chi connectivity index (χ4v) is 4.41. The summed E-state index contributed by atoms with van der Waals surface area (Å²) in [5.74, 6) is 0.416. The van der Waals surface area contributed by atoms with Crippen molar-refractivity contribution in [1.82, 2.24) is 10.2 Å². The van der Waals surface area contributed by atoms with E-state index in [1.165, 1.54) is 0 Å². The maximum Gasteiger partial charge on any atom is 0.267 e. The Bertz CT molecular complexity index is 1300. The van der Waals surface area contributed by atoms with Crippen molar-refractivity contribution >= 4 is 39.1 Å². The summed E-state index contributed by atoms with van der Waals surface area (Å²) in [6.07, 6.45) is 0.0105. The number of benzene rings is 3. The molecule has 2 heterocycles. The second kappa shape index (κ2) is 8.05. The van der Waals surface area contributed by atoms with Crippen LogP contribution in [-0.4, -0.2) is 28.1 Å². The zero-order valence-electron chi connectivity index (χ0n) is 17.4. The molecule has 0 atom stereocenters. The first-order valence-corrected chi connectivity index (χ1v) is 11.0. The highest BCUT2D eigenvalue weighted by Gasteiger charge is 2.35. The van der Waals surface area contributed by atoms with Gasteiger partial charge in [-0.2, -0.15) is 0 Å². The van der Waals surface area contributed by atoms with E-state index >= 15 is 0 Å². The number of carbonyl (C=O) groups is 2. The van der Waals surface area contributed by atoms with Crippen molar-refractivity contribution in [2.24, 2.45) is 0 Å². The maximum atomic E-state index is 13.1. The van der Waals surface area contributed by atoms with Gasteiger partial charge >= 0.3 is 0 Å². The van der Waals surface area contributed by atoms with Gasteiger partial charge in [-0.1, -0.05) is 47.7 Å². The van der Waals surface area contributed by atoms with Crippen LogP contribution >= 0.6 is 11.3 Å². The molecule has 1 aliphatic heterocycles.